The molecule has 3 aliphatic rings. The van der Waals surface area contributed by atoms with E-state index < -0.39 is 17.7 Å². The molecule has 9 nitrogen and oxygen atoms in total. The minimum absolute atomic E-state index is 0.224. The van der Waals surface area contributed by atoms with Gasteiger partial charge in [0, 0.05) is 25.3 Å². The van der Waals surface area contributed by atoms with E-state index in [-0.39, 0.29) is 18.0 Å². The van der Waals surface area contributed by atoms with Gasteiger partial charge in [-0.1, -0.05) is 6.07 Å². The molecule has 0 aliphatic carbocycles. The fourth-order valence-corrected chi connectivity index (χ4v) is 4.26. The number of urea groups is 1. The first-order chi connectivity index (χ1) is 14.1. The van der Waals surface area contributed by atoms with Crippen molar-refractivity contribution in [2.24, 2.45) is 0 Å². The summed E-state index contributed by atoms with van der Waals surface area (Å²) >= 11 is 0. The maximum atomic E-state index is 12.8. The number of ether oxygens (including phenoxy) is 1. The number of hydrogen-bond donors (Lipinski definition) is 2. The summed E-state index contributed by atoms with van der Waals surface area (Å²) in [6.45, 7) is 6.93. The van der Waals surface area contributed by atoms with Gasteiger partial charge in [0.25, 0.3) is 0 Å². The van der Waals surface area contributed by atoms with Crippen molar-refractivity contribution in [2.45, 2.75) is 64.3 Å². The first-order valence-corrected chi connectivity index (χ1v) is 10.3. The fraction of sp³-hybridized carbons (Fsp3) is 0.571. The van der Waals surface area contributed by atoms with Gasteiger partial charge in [0.15, 0.2) is 0 Å². The van der Waals surface area contributed by atoms with E-state index >= 15 is 0 Å². The Morgan fingerprint density at radius 2 is 1.97 bits per heavy atom. The van der Waals surface area contributed by atoms with E-state index in [4.69, 9.17) is 4.74 Å². The maximum absolute atomic E-state index is 12.8. The van der Waals surface area contributed by atoms with Crippen molar-refractivity contribution in [1.82, 2.24) is 14.9 Å². The highest BCUT2D eigenvalue weighted by Crippen LogP contribution is 2.30. The number of nitrogens with zero attached hydrogens (tertiary/aromatic N) is 3. The highest BCUT2D eigenvalue weighted by molar-refractivity contribution is 5.97. The second-order valence-electron chi connectivity index (χ2n) is 9.15. The molecule has 3 heterocycles. The number of carbonyl (C=O) groups excluding carboxylic acids is 3. The smallest absolute Gasteiger partial charge is 0.410 e. The van der Waals surface area contributed by atoms with Crippen LogP contribution in [0.15, 0.2) is 18.2 Å². The van der Waals surface area contributed by atoms with Gasteiger partial charge in [0.2, 0.25) is 5.91 Å². The van der Waals surface area contributed by atoms with Crippen molar-refractivity contribution in [3.63, 3.8) is 0 Å². The predicted octanol–water partition coefficient (Wildman–Crippen LogP) is 2.58. The van der Waals surface area contributed by atoms with E-state index in [2.05, 4.69) is 5.32 Å². The molecule has 1 aromatic rings. The van der Waals surface area contributed by atoms with E-state index in [1.165, 1.54) is 4.90 Å². The van der Waals surface area contributed by atoms with Crippen LogP contribution in [0.1, 0.15) is 44.7 Å². The van der Waals surface area contributed by atoms with Gasteiger partial charge in [-0.25, -0.2) is 14.7 Å². The number of benzene rings is 1. The molecule has 1 aromatic carbocycles. The second-order valence-corrected chi connectivity index (χ2v) is 9.15. The molecule has 2 N–H and O–H groups in total. The normalized spacial score (nSPS) is 23.3. The third kappa shape index (κ3) is 3.94. The van der Waals surface area contributed by atoms with Crippen molar-refractivity contribution in [1.29, 1.82) is 0 Å². The molecule has 2 saturated heterocycles. The number of amides is 4. The Morgan fingerprint density at radius 3 is 2.70 bits per heavy atom. The molecule has 0 spiro atoms. The summed E-state index contributed by atoms with van der Waals surface area (Å²) in [5, 5.41) is 13.4. The zero-order chi connectivity index (χ0) is 21.6. The van der Waals surface area contributed by atoms with Crippen LogP contribution >= 0.6 is 0 Å². The Balaban J connectivity index is 1.40. The fourth-order valence-electron chi connectivity index (χ4n) is 4.26. The molecule has 0 aromatic heterocycles. The van der Waals surface area contributed by atoms with Gasteiger partial charge < -0.3 is 19.9 Å². The molecule has 0 saturated carbocycles. The number of hydrogen-bond acceptors (Lipinski definition) is 5. The van der Waals surface area contributed by atoms with Crippen molar-refractivity contribution in [3.8, 4) is 0 Å². The average molecular weight is 416 g/mol. The molecular weight excluding hydrogens is 388 g/mol. The van der Waals surface area contributed by atoms with Crippen LogP contribution in [0.3, 0.4) is 0 Å². The zero-order valence-corrected chi connectivity index (χ0v) is 17.6. The number of nitrogens with one attached hydrogen (secondary N) is 1. The van der Waals surface area contributed by atoms with Gasteiger partial charge in [-0.3, -0.25) is 10.0 Å². The van der Waals surface area contributed by atoms with E-state index in [1.807, 2.05) is 39.0 Å². The Labute approximate surface area is 175 Å². The van der Waals surface area contributed by atoms with Crippen LogP contribution in [0.25, 0.3) is 0 Å². The molecule has 30 heavy (non-hydrogen) atoms. The van der Waals surface area contributed by atoms with Crippen molar-refractivity contribution >= 4 is 23.7 Å². The Bertz CT molecular complexity index is 881. The number of carbonyl (C=O) groups is 3. The standard InChI is InChI=1S/C21H28N4O5/c1-21(2,3)30-20(28)23-9-8-13-10-15(5-4-14(13)11-23)22-18(26)17-7-6-16-12-24(17)19(27)25(16)29/h4-5,10,16-17,29H,6-9,11-12H2,1-3H3,(H,22,26)/t16-,17+/m1/s1. The summed E-state index contributed by atoms with van der Waals surface area (Å²) in [6.07, 6.45) is 1.47. The van der Waals surface area contributed by atoms with Crippen LogP contribution in [0.4, 0.5) is 15.3 Å². The number of anilines is 1. The third-order valence-electron chi connectivity index (χ3n) is 5.78. The molecule has 2 atom stereocenters. The number of piperidine rings is 1. The summed E-state index contributed by atoms with van der Waals surface area (Å²) in [5.41, 5.74) is 2.24. The summed E-state index contributed by atoms with van der Waals surface area (Å²) < 4.78 is 5.45. The van der Waals surface area contributed by atoms with Gasteiger partial charge in [0.05, 0.1) is 6.04 Å². The van der Waals surface area contributed by atoms with Crippen molar-refractivity contribution in [2.75, 3.05) is 18.4 Å². The van der Waals surface area contributed by atoms with E-state index in [0.29, 0.717) is 44.6 Å². The minimum atomic E-state index is -0.579. The Hall–Kier alpha value is -2.81. The Morgan fingerprint density at radius 1 is 1.20 bits per heavy atom. The predicted molar refractivity (Wildman–Crippen MR) is 108 cm³/mol. The lowest BCUT2D eigenvalue weighted by molar-refractivity contribution is -0.120. The number of fused-ring (bicyclic) bond motifs is 3. The largest absolute Gasteiger partial charge is 0.444 e. The van der Waals surface area contributed by atoms with E-state index in [1.54, 1.807) is 4.90 Å². The molecule has 3 aliphatic heterocycles. The van der Waals surface area contributed by atoms with E-state index in [0.717, 1.165) is 16.2 Å². The highest BCUT2D eigenvalue weighted by Gasteiger charge is 2.46. The SMILES string of the molecule is CC(C)(C)OC(=O)N1CCc2cc(NC(=O)[C@@H]3CC[C@@H]4CN3C(=O)N4O)ccc2C1. The molecule has 2 bridgehead atoms. The quantitative estimate of drug-likeness (QED) is 0.722. The molecule has 0 radical (unpaired) electrons. The molecular formula is C21H28N4O5. The van der Waals surface area contributed by atoms with Crippen LogP contribution in [0.5, 0.6) is 0 Å². The summed E-state index contributed by atoms with van der Waals surface area (Å²) in [4.78, 5) is 40.3. The van der Waals surface area contributed by atoms with Crippen molar-refractivity contribution < 1.29 is 24.3 Å². The van der Waals surface area contributed by atoms with Crippen LogP contribution in [-0.2, 0) is 22.5 Å². The zero-order valence-electron chi connectivity index (χ0n) is 17.6. The van der Waals surface area contributed by atoms with Gasteiger partial charge in [-0.15, -0.1) is 0 Å². The minimum Gasteiger partial charge on any atom is -0.444 e. The van der Waals surface area contributed by atoms with Crippen molar-refractivity contribution in [3.05, 3.63) is 29.3 Å². The summed E-state index contributed by atoms with van der Waals surface area (Å²) in [6, 6.07) is 4.34. The maximum Gasteiger partial charge on any atom is 0.410 e. The lowest BCUT2D eigenvalue weighted by Crippen LogP contribution is -2.47. The number of rotatable bonds is 2. The monoisotopic (exact) mass is 416 g/mol. The topological polar surface area (TPSA) is 102 Å². The Kier molecular flexibility index (Phi) is 5.09. The number of hydroxylamine groups is 2. The molecule has 4 rings (SSSR count). The molecule has 0 unspecified atom stereocenters. The van der Waals surface area contributed by atoms with Gasteiger partial charge in [-0.05, 0) is 63.3 Å². The molecule has 4 amide bonds. The third-order valence-corrected chi connectivity index (χ3v) is 5.78. The van der Waals surface area contributed by atoms with Crippen LogP contribution in [0.2, 0.25) is 0 Å². The summed E-state index contributed by atoms with van der Waals surface area (Å²) in [7, 11) is 0. The lowest BCUT2D eigenvalue weighted by Gasteiger charge is -2.31. The van der Waals surface area contributed by atoms with Gasteiger partial charge >= 0.3 is 12.1 Å². The second kappa shape index (κ2) is 7.46. The highest BCUT2D eigenvalue weighted by atomic mass is 16.6. The van der Waals surface area contributed by atoms with Gasteiger partial charge in [-0.2, -0.15) is 0 Å². The average Bonchev–Trinajstić information content (AvgIpc) is 2.90. The van der Waals surface area contributed by atoms with Crippen LogP contribution < -0.4 is 5.32 Å². The molecule has 162 valence electrons. The van der Waals surface area contributed by atoms with E-state index in [9.17, 15) is 19.6 Å². The molecule has 2 fully saturated rings. The van der Waals surface area contributed by atoms with Crippen LogP contribution in [-0.4, -0.2) is 68.9 Å². The van der Waals surface area contributed by atoms with Crippen LogP contribution in [0, 0.1) is 0 Å². The molecule has 9 heteroatoms. The first-order valence-electron chi connectivity index (χ1n) is 10.3. The van der Waals surface area contributed by atoms with Gasteiger partial charge in [0.1, 0.15) is 11.6 Å². The first kappa shape index (κ1) is 20.5. The summed E-state index contributed by atoms with van der Waals surface area (Å²) in [5.74, 6) is -0.247. The lowest BCUT2D eigenvalue weighted by atomic mass is 9.98.